The first-order valence-corrected chi connectivity index (χ1v) is 7.87. The molecule has 2 heterocycles. The number of benzene rings is 1. The van der Waals surface area contributed by atoms with Gasteiger partial charge in [0, 0.05) is 34.8 Å². The molecule has 0 radical (unpaired) electrons. The minimum Gasteiger partial charge on any atom is -0.335 e. The Morgan fingerprint density at radius 1 is 1.38 bits per heavy atom. The Labute approximate surface area is 126 Å². The molecule has 1 atom stereocenters. The number of carbonyl (C=O) groups is 1. The van der Waals surface area contributed by atoms with Gasteiger partial charge in [-0.3, -0.25) is 14.9 Å². The third kappa shape index (κ3) is 2.63. The number of amides is 1. The fourth-order valence-corrected chi connectivity index (χ4v) is 3.79. The van der Waals surface area contributed by atoms with Crippen molar-refractivity contribution >= 4 is 33.0 Å². The van der Waals surface area contributed by atoms with Crippen molar-refractivity contribution in [2.24, 2.45) is 0 Å². The molecule has 1 aromatic heterocycles. The SMILES string of the molecule is C[C@H]1CCCCN1C(=O)c1cc2cc([N+](=O)[O-])ccc2s1. The standard InChI is InChI=1S/C15H16N2O3S/c1-10-4-2-3-7-16(10)15(18)14-9-11-8-12(17(19)20)5-6-13(11)21-14/h5-6,8-10H,2-4,7H2,1H3/t10-/m0/s1. The van der Waals surface area contributed by atoms with Crippen molar-refractivity contribution in [2.45, 2.75) is 32.2 Å². The molecule has 1 fully saturated rings. The van der Waals surface area contributed by atoms with Crippen molar-refractivity contribution in [1.82, 2.24) is 4.90 Å². The molecule has 1 aliphatic rings. The Bertz CT molecular complexity index is 710. The molecule has 2 aromatic rings. The zero-order valence-electron chi connectivity index (χ0n) is 11.7. The van der Waals surface area contributed by atoms with Gasteiger partial charge >= 0.3 is 0 Å². The highest BCUT2D eigenvalue weighted by Crippen LogP contribution is 2.31. The van der Waals surface area contributed by atoms with Gasteiger partial charge in [-0.1, -0.05) is 0 Å². The highest BCUT2D eigenvalue weighted by atomic mass is 32.1. The van der Waals surface area contributed by atoms with Crippen LogP contribution in [0.25, 0.3) is 10.1 Å². The van der Waals surface area contributed by atoms with E-state index >= 15 is 0 Å². The molecule has 0 spiro atoms. The van der Waals surface area contributed by atoms with Crippen LogP contribution in [0.15, 0.2) is 24.3 Å². The number of piperidine rings is 1. The highest BCUT2D eigenvalue weighted by Gasteiger charge is 2.25. The summed E-state index contributed by atoms with van der Waals surface area (Å²) in [4.78, 5) is 25.6. The van der Waals surface area contributed by atoms with Gasteiger partial charge in [0.05, 0.1) is 9.80 Å². The van der Waals surface area contributed by atoms with E-state index in [0.29, 0.717) is 4.88 Å². The highest BCUT2D eigenvalue weighted by molar-refractivity contribution is 7.20. The lowest BCUT2D eigenvalue weighted by molar-refractivity contribution is -0.384. The molecular weight excluding hydrogens is 288 g/mol. The second-order valence-electron chi connectivity index (χ2n) is 5.43. The molecule has 1 aliphatic heterocycles. The molecule has 3 rings (SSSR count). The van der Waals surface area contributed by atoms with Gasteiger partial charge in [0.15, 0.2) is 0 Å². The van der Waals surface area contributed by atoms with Crippen molar-refractivity contribution in [3.63, 3.8) is 0 Å². The molecule has 0 bridgehead atoms. The first-order valence-electron chi connectivity index (χ1n) is 7.05. The molecule has 0 N–H and O–H groups in total. The van der Waals surface area contributed by atoms with Crippen LogP contribution < -0.4 is 0 Å². The lowest BCUT2D eigenvalue weighted by Crippen LogP contribution is -2.41. The second kappa shape index (κ2) is 5.44. The minimum atomic E-state index is -0.411. The van der Waals surface area contributed by atoms with E-state index in [1.165, 1.54) is 29.9 Å². The van der Waals surface area contributed by atoms with Crippen LogP contribution in [0.1, 0.15) is 35.9 Å². The molecule has 0 unspecified atom stereocenters. The quantitative estimate of drug-likeness (QED) is 0.626. The van der Waals surface area contributed by atoms with Crippen LogP contribution in [0.2, 0.25) is 0 Å². The number of rotatable bonds is 2. The van der Waals surface area contributed by atoms with Crippen LogP contribution in [0.5, 0.6) is 0 Å². The third-order valence-corrected chi connectivity index (χ3v) is 5.09. The van der Waals surface area contributed by atoms with Gasteiger partial charge in [-0.15, -0.1) is 11.3 Å². The van der Waals surface area contributed by atoms with E-state index < -0.39 is 4.92 Å². The monoisotopic (exact) mass is 304 g/mol. The smallest absolute Gasteiger partial charge is 0.270 e. The molecule has 1 saturated heterocycles. The molecule has 1 aromatic carbocycles. The largest absolute Gasteiger partial charge is 0.335 e. The number of nitro groups is 1. The number of fused-ring (bicyclic) bond motifs is 1. The summed E-state index contributed by atoms with van der Waals surface area (Å²) in [6.45, 7) is 2.88. The normalized spacial score (nSPS) is 18.9. The Kier molecular flexibility index (Phi) is 3.63. The van der Waals surface area contributed by atoms with Crippen molar-refractivity contribution in [3.05, 3.63) is 39.3 Å². The first kappa shape index (κ1) is 14.0. The molecular formula is C15H16N2O3S. The number of likely N-dealkylation sites (tertiary alicyclic amines) is 1. The van der Waals surface area contributed by atoms with Crippen LogP contribution in [-0.2, 0) is 0 Å². The van der Waals surface area contributed by atoms with Gasteiger partial charge in [-0.2, -0.15) is 0 Å². The summed E-state index contributed by atoms with van der Waals surface area (Å²) >= 11 is 1.41. The summed E-state index contributed by atoms with van der Waals surface area (Å²) in [6.07, 6.45) is 3.26. The van der Waals surface area contributed by atoms with Gasteiger partial charge in [0.1, 0.15) is 0 Å². The Hall–Kier alpha value is -1.95. The maximum Gasteiger partial charge on any atom is 0.270 e. The summed E-state index contributed by atoms with van der Waals surface area (Å²) < 4.78 is 0.911. The second-order valence-corrected chi connectivity index (χ2v) is 6.52. The number of nitrogens with zero attached hydrogens (tertiary/aromatic N) is 2. The fraction of sp³-hybridized carbons (Fsp3) is 0.400. The van der Waals surface area contributed by atoms with E-state index in [4.69, 9.17) is 0 Å². The van der Waals surface area contributed by atoms with Crippen LogP contribution in [-0.4, -0.2) is 28.3 Å². The topological polar surface area (TPSA) is 63.5 Å². The molecule has 110 valence electrons. The number of nitro benzene ring substituents is 1. The van der Waals surface area contributed by atoms with Crippen LogP contribution in [0.3, 0.4) is 0 Å². The maximum absolute atomic E-state index is 12.6. The predicted molar refractivity (Wildman–Crippen MR) is 82.8 cm³/mol. The van der Waals surface area contributed by atoms with E-state index in [-0.39, 0.29) is 17.6 Å². The fourth-order valence-electron chi connectivity index (χ4n) is 2.79. The maximum atomic E-state index is 12.6. The average Bonchev–Trinajstić information content (AvgIpc) is 2.89. The number of thiophene rings is 1. The van der Waals surface area contributed by atoms with E-state index in [2.05, 4.69) is 6.92 Å². The summed E-state index contributed by atoms with van der Waals surface area (Å²) in [5.74, 6) is 0.0473. The zero-order valence-corrected chi connectivity index (χ0v) is 12.6. The van der Waals surface area contributed by atoms with E-state index in [0.717, 1.165) is 29.5 Å². The predicted octanol–water partition coefficient (Wildman–Crippen LogP) is 3.82. The first-order chi connectivity index (χ1) is 10.1. The number of hydrogen-bond acceptors (Lipinski definition) is 4. The molecule has 5 nitrogen and oxygen atoms in total. The summed E-state index contributed by atoms with van der Waals surface area (Å²) in [7, 11) is 0. The Morgan fingerprint density at radius 2 is 2.19 bits per heavy atom. The van der Waals surface area contributed by atoms with Crippen molar-refractivity contribution in [2.75, 3.05) is 6.54 Å². The van der Waals surface area contributed by atoms with Crippen molar-refractivity contribution < 1.29 is 9.72 Å². The summed E-state index contributed by atoms with van der Waals surface area (Å²) in [5, 5.41) is 11.6. The van der Waals surface area contributed by atoms with E-state index in [1.54, 1.807) is 12.1 Å². The van der Waals surface area contributed by atoms with E-state index in [9.17, 15) is 14.9 Å². The van der Waals surface area contributed by atoms with Crippen molar-refractivity contribution in [3.8, 4) is 0 Å². The number of hydrogen-bond donors (Lipinski definition) is 0. The van der Waals surface area contributed by atoms with Gasteiger partial charge < -0.3 is 4.90 Å². The lowest BCUT2D eigenvalue weighted by atomic mass is 10.0. The van der Waals surface area contributed by atoms with Gasteiger partial charge in [-0.05, 0) is 38.3 Å². The summed E-state index contributed by atoms with van der Waals surface area (Å²) in [6, 6.07) is 6.77. The van der Waals surface area contributed by atoms with Gasteiger partial charge in [-0.25, -0.2) is 0 Å². The molecule has 0 saturated carbocycles. The minimum absolute atomic E-state index is 0.0473. The zero-order chi connectivity index (χ0) is 15.0. The molecule has 0 aliphatic carbocycles. The van der Waals surface area contributed by atoms with E-state index in [1.807, 2.05) is 4.90 Å². The van der Waals surface area contributed by atoms with Crippen LogP contribution >= 0.6 is 11.3 Å². The lowest BCUT2D eigenvalue weighted by Gasteiger charge is -2.33. The molecule has 1 amide bonds. The van der Waals surface area contributed by atoms with Crippen molar-refractivity contribution in [1.29, 1.82) is 0 Å². The van der Waals surface area contributed by atoms with Gasteiger partial charge in [0.2, 0.25) is 0 Å². The van der Waals surface area contributed by atoms with Crippen LogP contribution in [0.4, 0.5) is 5.69 Å². The van der Waals surface area contributed by atoms with Gasteiger partial charge in [0.25, 0.3) is 11.6 Å². The summed E-state index contributed by atoms with van der Waals surface area (Å²) in [5.41, 5.74) is 0.0608. The Morgan fingerprint density at radius 3 is 2.90 bits per heavy atom. The Balaban J connectivity index is 1.93. The van der Waals surface area contributed by atoms with Crippen LogP contribution in [0, 0.1) is 10.1 Å². The molecule has 21 heavy (non-hydrogen) atoms. The number of non-ortho nitro benzene ring substituents is 1. The number of carbonyl (C=O) groups excluding carboxylic acids is 1. The third-order valence-electron chi connectivity index (χ3n) is 3.99. The average molecular weight is 304 g/mol. The molecule has 6 heteroatoms.